The number of benzene rings is 1. The summed E-state index contributed by atoms with van der Waals surface area (Å²) in [4.78, 5) is 25.3. The van der Waals surface area contributed by atoms with Gasteiger partial charge in [0.2, 0.25) is 5.91 Å². The summed E-state index contributed by atoms with van der Waals surface area (Å²) in [6, 6.07) is 7.63. The van der Waals surface area contributed by atoms with E-state index in [1.165, 1.54) is 0 Å². The van der Waals surface area contributed by atoms with Crippen LogP contribution < -0.4 is 15.8 Å². The molecule has 0 bridgehead atoms. The number of aliphatic hydroxyl groups is 1. The Hall–Kier alpha value is -2.29. The highest BCUT2D eigenvalue weighted by Gasteiger charge is 2.51. The first-order chi connectivity index (χ1) is 11.6. The third-order valence-electron chi connectivity index (χ3n) is 4.00. The molecule has 2 rings (SSSR count). The standard InChI is InChI=1S/C16H20F3N3O3/c1-15(25,16(17,18)19)9-13(23)20-21-14(24)10-22-8-4-6-11-5-2-3-7-12(11)22/h2-3,5,7,25H,4,6,8-10H2,1H3,(H,20,23)(H,21,24)/t15-/m1/s1. The molecule has 138 valence electrons. The number of nitrogens with zero attached hydrogens (tertiary/aromatic N) is 1. The molecular formula is C16H20F3N3O3. The van der Waals surface area contributed by atoms with Gasteiger partial charge in [0.1, 0.15) is 0 Å². The summed E-state index contributed by atoms with van der Waals surface area (Å²) in [5, 5.41) is 9.25. The summed E-state index contributed by atoms with van der Waals surface area (Å²) in [6.45, 7) is 1.13. The number of hydrazine groups is 1. The van der Waals surface area contributed by atoms with Crippen molar-refractivity contribution in [2.24, 2.45) is 0 Å². The van der Waals surface area contributed by atoms with E-state index in [-0.39, 0.29) is 6.54 Å². The van der Waals surface area contributed by atoms with Crippen LogP contribution in [0.15, 0.2) is 24.3 Å². The van der Waals surface area contributed by atoms with Crippen molar-refractivity contribution in [1.29, 1.82) is 0 Å². The molecule has 0 aromatic heterocycles. The molecule has 6 nitrogen and oxygen atoms in total. The van der Waals surface area contributed by atoms with Gasteiger partial charge in [0.15, 0.2) is 5.60 Å². The Labute approximate surface area is 143 Å². The van der Waals surface area contributed by atoms with Crippen molar-refractivity contribution in [3.8, 4) is 0 Å². The van der Waals surface area contributed by atoms with E-state index in [0.717, 1.165) is 24.1 Å². The number of nitrogens with one attached hydrogen (secondary N) is 2. The third-order valence-corrected chi connectivity index (χ3v) is 4.00. The fourth-order valence-corrected chi connectivity index (χ4v) is 2.59. The second-order valence-electron chi connectivity index (χ2n) is 6.20. The molecule has 3 N–H and O–H groups in total. The second kappa shape index (κ2) is 7.30. The third kappa shape index (κ3) is 4.85. The summed E-state index contributed by atoms with van der Waals surface area (Å²) in [5.41, 5.74) is 2.86. The highest BCUT2D eigenvalue weighted by Crippen LogP contribution is 2.32. The predicted molar refractivity (Wildman–Crippen MR) is 84.6 cm³/mol. The first kappa shape index (κ1) is 19.0. The van der Waals surface area contributed by atoms with Gasteiger partial charge in [0, 0.05) is 12.2 Å². The molecule has 1 atom stereocenters. The maximum atomic E-state index is 12.5. The normalized spacial score (nSPS) is 16.6. The van der Waals surface area contributed by atoms with Gasteiger partial charge in [-0.2, -0.15) is 13.2 Å². The summed E-state index contributed by atoms with van der Waals surface area (Å²) in [5.74, 6) is -1.69. The lowest BCUT2D eigenvalue weighted by Crippen LogP contribution is -2.51. The van der Waals surface area contributed by atoms with E-state index in [2.05, 4.69) is 5.43 Å². The number of carbonyl (C=O) groups is 2. The number of rotatable bonds is 4. The van der Waals surface area contributed by atoms with E-state index in [9.17, 15) is 27.9 Å². The lowest BCUT2D eigenvalue weighted by Gasteiger charge is -2.30. The first-order valence-corrected chi connectivity index (χ1v) is 7.80. The number of halogens is 3. The summed E-state index contributed by atoms with van der Waals surface area (Å²) < 4.78 is 37.6. The van der Waals surface area contributed by atoms with Gasteiger partial charge in [0.25, 0.3) is 5.91 Å². The number of aryl methyl sites for hydroxylation is 1. The van der Waals surface area contributed by atoms with Crippen molar-refractivity contribution >= 4 is 17.5 Å². The molecule has 0 saturated heterocycles. The minimum Gasteiger partial charge on any atom is -0.380 e. The number of hydrogen-bond donors (Lipinski definition) is 3. The highest BCUT2D eigenvalue weighted by atomic mass is 19.4. The Bertz CT molecular complexity index is 647. The smallest absolute Gasteiger partial charge is 0.380 e. The average molecular weight is 359 g/mol. The SMILES string of the molecule is C[C@@](O)(CC(=O)NNC(=O)CN1CCCc2ccccc21)C(F)(F)F. The molecule has 0 fully saturated rings. The van der Waals surface area contributed by atoms with Crippen molar-refractivity contribution in [2.75, 3.05) is 18.0 Å². The largest absolute Gasteiger partial charge is 0.417 e. The Morgan fingerprint density at radius 1 is 1.20 bits per heavy atom. The fourth-order valence-electron chi connectivity index (χ4n) is 2.59. The Kier molecular flexibility index (Phi) is 5.56. The molecule has 1 aromatic carbocycles. The number of para-hydroxylation sites is 1. The lowest BCUT2D eigenvalue weighted by molar-refractivity contribution is -0.253. The van der Waals surface area contributed by atoms with E-state index in [1.54, 1.807) is 0 Å². The first-order valence-electron chi connectivity index (χ1n) is 7.80. The Balaban J connectivity index is 1.85. The average Bonchev–Trinajstić information content (AvgIpc) is 2.52. The fraction of sp³-hybridized carbons (Fsp3) is 0.500. The number of anilines is 1. The zero-order chi connectivity index (χ0) is 18.7. The van der Waals surface area contributed by atoms with E-state index in [4.69, 9.17) is 0 Å². The molecule has 9 heteroatoms. The second-order valence-corrected chi connectivity index (χ2v) is 6.20. The van der Waals surface area contributed by atoms with Crippen molar-refractivity contribution < 1.29 is 27.9 Å². The number of amides is 2. The van der Waals surface area contributed by atoms with Crippen molar-refractivity contribution in [3.05, 3.63) is 29.8 Å². The Morgan fingerprint density at radius 2 is 1.84 bits per heavy atom. The molecule has 0 unspecified atom stereocenters. The van der Waals surface area contributed by atoms with Crippen molar-refractivity contribution in [3.63, 3.8) is 0 Å². The molecule has 1 aliphatic heterocycles. The zero-order valence-corrected chi connectivity index (χ0v) is 13.7. The van der Waals surface area contributed by atoms with Gasteiger partial charge in [-0.25, -0.2) is 0 Å². The topological polar surface area (TPSA) is 81.7 Å². The van der Waals surface area contributed by atoms with Crippen LogP contribution in [0.1, 0.15) is 25.3 Å². The number of carbonyl (C=O) groups excluding carboxylic acids is 2. The van der Waals surface area contributed by atoms with Crippen LogP contribution in [-0.2, 0) is 16.0 Å². The molecule has 1 aliphatic rings. The molecule has 0 aliphatic carbocycles. The number of fused-ring (bicyclic) bond motifs is 1. The van der Waals surface area contributed by atoms with Crippen LogP contribution in [0.2, 0.25) is 0 Å². The van der Waals surface area contributed by atoms with Gasteiger partial charge in [-0.15, -0.1) is 0 Å². The van der Waals surface area contributed by atoms with E-state index >= 15 is 0 Å². The minimum absolute atomic E-state index is 0.0348. The van der Waals surface area contributed by atoms with Gasteiger partial charge in [0.05, 0.1) is 13.0 Å². The maximum absolute atomic E-state index is 12.5. The van der Waals surface area contributed by atoms with E-state index < -0.39 is 30.0 Å². The van der Waals surface area contributed by atoms with Crippen LogP contribution >= 0.6 is 0 Å². The van der Waals surface area contributed by atoms with Gasteiger partial charge in [-0.05, 0) is 31.4 Å². The van der Waals surface area contributed by atoms with E-state index in [1.807, 2.05) is 34.6 Å². The lowest BCUT2D eigenvalue weighted by atomic mass is 10.0. The summed E-state index contributed by atoms with van der Waals surface area (Å²) >= 11 is 0. The van der Waals surface area contributed by atoms with Crippen LogP contribution in [-0.4, -0.2) is 41.8 Å². The molecule has 0 saturated carbocycles. The minimum atomic E-state index is -4.94. The monoisotopic (exact) mass is 359 g/mol. The van der Waals surface area contributed by atoms with Gasteiger partial charge >= 0.3 is 6.18 Å². The van der Waals surface area contributed by atoms with Crippen LogP contribution in [0.4, 0.5) is 18.9 Å². The van der Waals surface area contributed by atoms with E-state index in [0.29, 0.717) is 13.5 Å². The molecule has 0 radical (unpaired) electrons. The zero-order valence-electron chi connectivity index (χ0n) is 13.7. The number of alkyl halides is 3. The molecular weight excluding hydrogens is 339 g/mol. The van der Waals surface area contributed by atoms with Crippen LogP contribution in [0.25, 0.3) is 0 Å². The predicted octanol–water partition coefficient (Wildman–Crippen LogP) is 1.29. The molecule has 25 heavy (non-hydrogen) atoms. The molecule has 1 heterocycles. The Morgan fingerprint density at radius 3 is 2.52 bits per heavy atom. The van der Waals surface area contributed by atoms with Gasteiger partial charge < -0.3 is 10.0 Å². The quantitative estimate of drug-likeness (QED) is 0.708. The van der Waals surface area contributed by atoms with Crippen LogP contribution in [0.3, 0.4) is 0 Å². The molecule has 1 aromatic rings. The molecule has 2 amide bonds. The number of hydrogen-bond acceptors (Lipinski definition) is 4. The summed E-state index contributed by atoms with van der Waals surface area (Å²) in [6.07, 6.45) is -4.35. The molecule has 0 spiro atoms. The van der Waals surface area contributed by atoms with Crippen molar-refractivity contribution in [2.45, 2.75) is 38.0 Å². The van der Waals surface area contributed by atoms with Crippen LogP contribution in [0, 0.1) is 0 Å². The van der Waals surface area contributed by atoms with Crippen LogP contribution in [0.5, 0.6) is 0 Å². The van der Waals surface area contributed by atoms with Gasteiger partial charge in [-0.1, -0.05) is 18.2 Å². The van der Waals surface area contributed by atoms with Crippen molar-refractivity contribution in [1.82, 2.24) is 10.9 Å². The highest BCUT2D eigenvalue weighted by molar-refractivity contribution is 5.85. The summed E-state index contributed by atoms with van der Waals surface area (Å²) in [7, 11) is 0. The van der Waals surface area contributed by atoms with Gasteiger partial charge in [-0.3, -0.25) is 20.4 Å². The maximum Gasteiger partial charge on any atom is 0.417 e.